The van der Waals surface area contributed by atoms with E-state index in [2.05, 4.69) is 28.5 Å². The SMILES string of the molecule is CCn1c(CCC(N)=O)nnc1SCc1cn(-c2ccccc2)nc1-c1ccccc1. The highest BCUT2D eigenvalue weighted by molar-refractivity contribution is 7.98. The molecule has 0 saturated heterocycles. The number of rotatable bonds is 9. The van der Waals surface area contributed by atoms with Crippen molar-refractivity contribution in [3.05, 3.63) is 78.2 Å². The Bertz CT molecular complexity index is 1150. The molecule has 0 aliphatic heterocycles. The van der Waals surface area contributed by atoms with Crippen LogP contribution < -0.4 is 5.73 Å². The molecule has 0 saturated carbocycles. The van der Waals surface area contributed by atoms with Crippen LogP contribution in [0.25, 0.3) is 16.9 Å². The van der Waals surface area contributed by atoms with E-state index in [1.54, 1.807) is 11.8 Å². The number of carbonyl (C=O) groups excluding carboxylic acids is 1. The van der Waals surface area contributed by atoms with E-state index in [1.807, 2.05) is 64.7 Å². The van der Waals surface area contributed by atoms with Crippen LogP contribution >= 0.6 is 11.8 Å². The smallest absolute Gasteiger partial charge is 0.217 e. The van der Waals surface area contributed by atoms with Gasteiger partial charge in [0.1, 0.15) is 5.82 Å². The van der Waals surface area contributed by atoms with Crippen LogP contribution in [-0.2, 0) is 23.5 Å². The number of primary amides is 1. The van der Waals surface area contributed by atoms with E-state index in [9.17, 15) is 4.79 Å². The lowest BCUT2D eigenvalue weighted by atomic mass is 10.1. The van der Waals surface area contributed by atoms with Crippen molar-refractivity contribution in [3.8, 4) is 16.9 Å². The minimum atomic E-state index is -0.333. The molecule has 8 heteroatoms. The minimum absolute atomic E-state index is 0.269. The molecule has 0 aliphatic rings. The molecule has 7 nitrogen and oxygen atoms in total. The summed E-state index contributed by atoms with van der Waals surface area (Å²) in [4.78, 5) is 11.1. The molecule has 0 spiro atoms. The Hall–Kier alpha value is -3.39. The zero-order valence-electron chi connectivity index (χ0n) is 17.3. The third kappa shape index (κ3) is 4.86. The van der Waals surface area contributed by atoms with E-state index in [0.717, 1.165) is 40.0 Å². The number of hydrogen-bond acceptors (Lipinski definition) is 5. The topological polar surface area (TPSA) is 91.6 Å². The molecule has 4 aromatic rings. The normalized spacial score (nSPS) is 11.0. The van der Waals surface area contributed by atoms with Crippen LogP contribution in [0.15, 0.2) is 72.0 Å². The van der Waals surface area contributed by atoms with E-state index in [1.165, 1.54) is 0 Å². The lowest BCUT2D eigenvalue weighted by Crippen LogP contribution is -2.13. The number of aryl methyl sites for hydroxylation is 1. The van der Waals surface area contributed by atoms with E-state index >= 15 is 0 Å². The molecule has 1 amide bonds. The first-order chi connectivity index (χ1) is 15.2. The molecule has 2 N–H and O–H groups in total. The van der Waals surface area contributed by atoms with Crippen molar-refractivity contribution in [1.82, 2.24) is 24.5 Å². The highest BCUT2D eigenvalue weighted by Crippen LogP contribution is 2.29. The largest absolute Gasteiger partial charge is 0.370 e. The summed E-state index contributed by atoms with van der Waals surface area (Å²) in [7, 11) is 0. The van der Waals surface area contributed by atoms with Crippen LogP contribution in [-0.4, -0.2) is 30.5 Å². The van der Waals surface area contributed by atoms with E-state index < -0.39 is 0 Å². The summed E-state index contributed by atoms with van der Waals surface area (Å²) in [6, 6.07) is 20.3. The van der Waals surface area contributed by atoms with Crippen molar-refractivity contribution in [2.45, 2.75) is 37.2 Å². The molecular formula is C23H24N6OS. The van der Waals surface area contributed by atoms with Gasteiger partial charge in [0, 0.05) is 42.5 Å². The van der Waals surface area contributed by atoms with Gasteiger partial charge in [-0.15, -0.1) is 10.2 Å². The molecule has 2 heterocycles. The third-order valence-corrected chi connectivity index (χ3v) is 5.94. The fourth-order valence-electron chi connectivity index (χ4n) is 3.37. The number of aromatic nitrogens is 5. The Morgan fingerprint density at radius 2 is 1.74 bits per heavy atom. The minimum Gasteiger partial charge on any atom is -0.370 e. The Kier molecular flexibility index (Phi) is 6.47. The van der Waals surface area contributed by atoms with Gasteiger partial charge in [-0.2, -0.15) is 5.10 Å². The Labute approximate surface area is 185 Å². The standard InChI is InChI=1S/C23H24N6OS/c1-2-28-21(14-13-20(24)30)25-26-23(28)31-16-18-15-29(19-11-7-4-8-12-19)27-22(18)17-9-5-3-6-10-17/h3-12,15H,2,13-14,16H2,1H3,(H2,24,30). The molecule has 2 aromatic heterocycles. The number of nitrogens with two attached hydrogens (primary N) is 1. The number of para-hydroxylation sites is 1. The molecule has 31 heavy (non-hydrogen) atoms. The number of nitrogens with zero attached hydrogens (tertiary/aromatic N) is 5. The molecule has 0 radical (unpaired) electrons. The van der Waals surface area contributed by atoms with Crippen molar-refractivity contribution in [2.75, 3.05) is 0 Å². The fourth-order valence-corrected chi connectivity index (χ4v) is 4.36. The molecule has 0 aliphatic carbocycles. The summed E-state index contributed by atoms with van der Waals surface area (Å²) in [5, 5.41) is 14.3. The average Bonchev–Trinajstić information content (AvgIpc) is 3.41. The first kappa shape index (κ1) is 20.9. The first-order valence-electron chi connectivity index (χ1n) is 10.2. The van der Waals surface area contributed by atoms with Gasteiger partial charge < -0.3 is 10.3 Å². The number of benzene rings is 2. The van der Waals surface area contributed by atoms with E-state index in [4.69, 9.17) is 10.8 Å². The van der Waals surface area contributed by atoms with Crippen LogP contribution in [0.2, 0.25) is 0 Å². The van der Waals surface area contributed by atoms with Gasteiger partial charge in [-0.05, 0) is 19.1 Å². The molecule has 0 bridgehead atoms. The van der Waals surface area contributed by atoms with Crippen molar-refractivity contribution >= 4 is 17.7 Å². The lowest BCUT2D eigenvalue weighted by molar-refractivity contribution is -0.118. The van der Waals surface area contributed by atoms with Crippen molar-refractivity contribution in [2.24, 2.45) is 5.73 Å². The highest BCUT2D eigenvalue weighted by Gasteiger charge is 2.16. The van der Waals surface area contributed by atoms with Gasteiger partial charge in [-0.25, -0.2) is 4.68 Å². The number of amides is 1. The molecular weight excluding hydrogens is 408 g/mol. The maximum atomic E-state index is 11.1. The second kappa shape index (κ2) is 9.61. The van der Waals surface area contributed by atoms with E-state index in [0.29, 0.717) is 12.2 Å². The maximum absolute atomic E-state index is 11.1. The van der Waals surface area contributed by atoms with Crippen LogP contribution in [0.4, 0.5) is 0 Å². The van der Waals surface area contributed by atoms with Gasteiger partial charge in [-0.3, -0.25) is 4.79 Å². The summed E-state index contributed by atoms with van der Waals surface area (Å²) < 4.78 is 3.96. The van der Waals surface area contributed by atoms with Crippen molar-refractivity contribution in [1.29, 1.82) is 0 Å². The molecule has 0 unspecified atom stereocenters. The maximum Gasteiger partial charge on any atom is 0.217 e. The average molecular weight is 433 g/mol. The van der Waals surface area contributed by atoms with Crippen LogP contribution in [0.1, 0.15) is 24.7 Å². The van der Waals surface area contributed by atoms with Crippen molar-refractivity contribution in [3.63, 3.8) is 0 Å². The van der Waals surface area contributed by atoms with Crippen LogP contribution in [0.5, 0.6) is 0 Å². The number of thioether (sulfide) groups is 1. The Morgan fingerprint density at radius 1 is 1.03 bits per heavy atom. The van der Waals surface area contributed by atoms with Gasteiger partial charge in [0.25, 0.3) is 0 Å². The molecule has 158 valence electrons. The molecule has 2 aromatic carbocycles. The third-order valence-electron chi connectivity index (χ3n) is 4.92. The molecule has 0 fully saturated rings. The summed E-state index contributed by atoms with van der Waals surface area (Å²) in [5.74, 6) is 1.15. The summed E-state index contributed by atoms with van der Waals surface area (Å²) >= 11 is 1.62. The summed E-state index contributed by atoms with van der Waals surface area (Å²) in [6.07, 6.45) is 2.84. The monoisotopic (exact) mass is 432 g/mol. The lowest BCUT2D eigenvalue weighted by Gasteiger charge is -2.07. The van der Waals surface area contributed by atoms with Crippen LogP contribution in [0.3, 0.4) is 0 Å². The second-order valence-electron chi connectivity index (χ2n) is 7.05. The van der Waals surface area contributed by atoms with Gasteiger partial charge in [0.2, 0.25) is 5.91 Å². The van der Waals surface area contributed by atoms with Gasteiger partial charge in [0.15, 0.2) is 5.16 Å². The zero-order chi connectivity index (χ0) is 21.6. The first-order valence-corrected chi connectivity index (χ1v) is 11.2. The fraction of sp³-hybridized carbons (Fsp3) is 0.217. The van der Waals surface area contributed by atoms with E-state index in [-0.39, 0.29) is 12.3 Å². The Morgan fingerprint density at radius 3 is 2.42 bits per heavy atom. The molecule has 0 atom stereocenters. The predicted molar refractivity (Wildman–Crippen MR) is 122 cm³/mol. The Balaban J connectivity index is 1.61. The van der Waals surface area contributed by atoms with Gasteiger partial charge in [-0.1, -0.05) is 60.3 Å². The summed E-state index contributed by atoms with van der Waals surface area (Å²) in [5.41, 5.74) is 9.44. The van der Waals surface area contributed by atoms with Crippen LogP contribution in [0, 0.1) is 0 Å². The van der Waals surface area contributed by atoms with Crippen molar-refractivity contribution < 1.29 is 4.79 Å². The number of carbonyl (C=O) groups is 1. The zero-order valence-corrected chi connectivity index (χ0v) is 18.1. The molecule has 4 rings (SSSR count). The quantitative estimate of drug-likeness (QED) is 0.406. The summed E-state index contributed by atoms with van der Waals surface area (Å²) in [6.45, 7) is 2.78. The predicted octanol–water partition coefficient (Wildman–Crippen LogP) is 3.86. The number of hydrogen-bond donors (Lipinski definition) is 1. The second-order valence-corrected chi connectivity index (χ2v) is 7.99. The van der Waals surface area contributed by atoms with Gasteiger partial charge in [0.05, 0.1) is 11.4 Å². The highest BCUT2D eigenvalue weighted by atomic mass is 32.2. The van der Waals surface area contributed by atoms with Gasteiger partial charge >= 0.3 is 0 Å².